The molecular formula is C14H20N2O3. The van der Waals surface area contributed by atoms with Crippen molar-refractivity contribution in [3.05, 3.63) is 29.8 Å². The molecule has 0 aliphatic heterocycles. The molecule has 5 nitrogen and oxygen atoms in total. The molecule has 0 spiro atoms. The van der Waals surface area contributed by atoms with Crippen LogP contribution in [0.4, 0.5) is 5.69 Å². The molecule has 0 aromatic heterocycles. The van der Waals surface area contributed by atoms with Gasteiger partial charge in [0.15, 0.2) is 0 Å². The lowest BCUT2D eigenvalue weighted by atomic mass is 10.2. The summed E-state index contributed by atoms with van der Waals surface area (Å²) >= 11 is 0. The van der Waals surface area contributed by atoms with E-state index in [2.05, 4.69) is 0 Å². The first-order valence-electron chi connectivity index (χ1n) is 6.31. The summed E-state index contributed by atoms with van der Waals surface area (Å²) in [5, 5.41) is 8.82. The van der Waals surface area contributed by atoms with Crippen molar-refractivity contribution in [1.29, 1.82) is 0 Å². The van der Waals surface area contributed by atoms with E-state index in [0.717, 1.165) is 5.69 Å². The smallest absolute Gasteiger partial charge is 0.335 e. The van der Waals surface area contributed by atoms with Gasteiger partial charge in [-0.25, -0.2) is 4.79 Å². The van der Waals surface area contributed by atoms with Crippen molar-refractivity contribution in [2.75, 3.05) is 31.6 Å². The summed E-state index contributed by atoms with van der Waals surface area (Å²) in [5.74, 6) is -0.886. The Kier molecular flexibility index (Phi) is 5.36. The van der Waals surface area contributed by atoms with Crippen LogP contribution in [-0.2, 0) is 4.79 Å². The van der Waals surface area contributed by atoms with Crippen LogP contribution in [0, 0.1) is 0 Å². The first-order valence-corrected chi connectivity index (χ1v) is 6.31. The van der Waals surface area contributed by atoms with Crippen LogP contribution in [0.5, 0.6) is 0 Å². The van der Waals surface area contributed by atoms with E-state index in [4.69, 9.17) is 5.11 Å². The Hall–Kier alpha value is -2.04. The van der Waals surface area contributed by atoms with Crippen LogP contribution in [-0.4, -0.2) is 48.6 Å². The highest BCUT2D eigenvalue weighted by molar-refractivity contribution is 5.88. The molecule has 0 saturated carbocycles. The van der Waals surface area contributed by atoms with Gasteiger partial charge in [0.25, 0.3) is 0 Å². The van der Waals surface area contributed by atoms with Gasteiger partial charge >= 0.3 is 5.97 Å². The van der Waals surface area contributed by atoms with E-state index in [0.29, 0.717) is 13.1 Å². The van der Waals surface area contributed by atoms with Crippen molar-refractivity contribution in [1.82, 2.24) is 4.90 Å². The fourth-order valence-electron chi connectivity index (χ4n) is 1.83. The monoisotopic (exact) mass is 264 g/mol. The maximum absolute atomic E-state index is 12.0. The summed E-state index contributed by atoms with van der Waals surface area (Å²) < 4.78 is 0. The highest BCUT2D eigenvalue weighted by Crippen LogP contribution is 2.14. The van der Waals surface area contributed by atoms with Gasteiger partial charge in [-0.2, -0.15) is 0 Å². The fourth-order valence-corrected chi connectivity index (χ4v) is 1.83. The van der Waals surface area contributed by atoms with E-state index < -0.39 is 5.97 Å². The Bertz CT molecular complexity index is 439. The van der Waals surface area contributed by atoms with E-state index in [-0.39, 0.29) is 18.0 Å². The fraction of sp³-hybridized carbons (Fsp3) is 0.429. The number of aromatic carboxylic acids is 1. The molecule has 0 aliphatic carbocycles. The van der Waals surface area contributed by atoms with Crippen molar-refractivity contribution in [3.8, 4) is 0 Å². The van der Waals surface area contributed by atoms with Crippen molar-refractivity contribution < 1.29 is 14.7 Å². The average molecular weight is 264 g/mol. The van der Waals surface area contributed by atoms with Crippen LogP contribution in [0.1, 0.15) is 24.2 Å². The molecule has 0 unspecified atom stereocenters. The van der Waals surface area contributed by atoms with E-state index in [1.807, 2.05) is 25.8 Å². The Morgan fingerprint density at radius 1 is 1.11 bits per heavy atom. The van der Waals surface area contributed by atoms with Crippen molar-refractivity contribution in [2.45, 2.75) is 13.8 Å². The first-order chi connectivity index (χ1) is 8.99. The number of carbonyl (C=O) groups is 2. The van der Waals surface area contributed by atoms with E-state index in [1.165, 1.54) is 12.1 Å². The summed E-state index contributed by atoms with van der Waals surface area (Å²) in [6, 6.07) is 6.49. The van der Waals surface area contributed by atoms with Crippen LogP contribution < -0.4 is 4.90 Å². The molecule has 1 aromatic rings. The molecule has 5 heteroatoms. The lowest BCUT2D eigenvalue weighted by Gasteiger charge is -2.24. The lowest BCUT2D eigenvalue weighted by Crippen LogP contribution is -2.38. The predicted molar refractivity (Wildman–Crippen MR) is 74.6 cm³/mol. The Labute approximate surface area is 113 Å². The van der Waals surface area contributed by atoms with Crippen LogP contribution >= 0.6 is 0 Å². The van der Waals surface area contributed by atoms with E-state index in [1.54, 1.807) is 17.0 Å². The number of anilines is 1. The molecule has 19 heavy (non-hydrogen) atoms. The standard InChI is InChI=1S/C14H20N2O3/c1-4-16(5-2)13(17)10-15(3)12-8-6-11(7-9-12)14(18)19/h6-9H,4-5,10H2,1-3H3,(H,18,19). The zero-order valence-electron chi connectivity index (χ0n) is 11.6. The second kappa shape index (κ2) is 6.78. The van der Waals surface area contributed by atoms with Gasteiger partial charge in [-0.3, -0.25) is 4.79 Å². The lowest BCUT2D eigenvalue weighted by molar-refractivity contribution is -0.129. The number of likely N-dealkylation sites (N-methyl/N-ethyl adjacent to an activating group) is 2. The third kappa shape index (κ3) is 3.98. The number of rotatable bonds is 6. The van der Waals surface area contributed by atoms with Gasteiger partial charge in [0.1, 0.15) is 0 Å². The molecule has 0 atom stereocenters. The average Bonchev–Trinajstić information content (AvgIpc) is 2.40. The van der Waals surface area contributed by atoms with Crippen LogP contribution in [0.2, 0.25) is 0 Å². The topological polar surface area (TPSA) is 60.9 Å². The van der Waals surface area contributed by atoms with Crippen molar-refractivity contribution in [2.24, 2.45) is 0 Å². The number of nitrogens with zero attached hydrogens (tertiary/aromatic N) is 2. The quantitative estimate of drug-likeness (QED) is 0.849. The van der Waals surface area contributed by atoms with Gasteiger partial charge in [-0.15, -0.1) is 0 Å². The van der Waals surface area contributed by atoms with Crippen LogP contribution in [0.25, 0.3) is 0 Å². The maximum atomic E-state index is 12.0. The van der Waals surface area contributed by atoms with Gasteiger partial charge < -0.3 is 14.9 Å². The van der Waals surface area contributed by atoms with Gasteiger partial charge in [-0.1, -0.05) is 0 Å². The normalized spacial score (nSPS) is 10.1. The second-order valence-electron chi connectivity index (χ2n) is 4.27. The minimum Gasteiger partial charge on any atom is -0.478 e. The Morgan fingerprint density at radius 3 is 2.05 bits per heavy atom. The minimum atomic E-state index is -0.951. The summed E-state index contributed by atoms with van der Waals surface area (Å²) in [5.41, 5.74) is 1.07. The van der Waals surface area contributed by atoms with Gasteiger partial charge in [0.2, 0.25) is 5.91 Å². The van der Waals surface area contributed by atoms with E-state index >= 15 is 0 Å². The van der Waals surface area contributed by atoms with Gasteiger partial charge in [0.05, 0.1) is 12.1 Å². The SMILES string of the molecule is CCN(CC)C(=O)CN(C)c1ccc(C(=O)O)cc1. The molecule has 1 aromatic carbocycles. The third-order valence-corrected chi connectivity index (χ3v) is 3.04. The van der Waals surface area contributed by atoms with Crippen LogP contribution in [0.3, 0.4) is 0 Å². The number of amides is 1. The molecule has 1 rings (SSSR count). The highest BCUT2D eigenvalue weighted by atomic mass is 16.4. The molecule has 0 radical (unpaired) electrons. The number of carbonyl (C=O) groups excluding carboxylic acids is 1. The van der Waals surface area contributed by atoms with Crippen molar-refractivity contribution >= 4 is 17.6 Å². The Morgan fingerprint density at radius 2 is 1.63 bits per heavy atom. The summed E-state index contributed by atoms with van der Waals surface area (Å²) in [7, 11) is 1.82. The first kappa shape index (κ1) is 15.0. The van der Waals surface area contributed by atoms with E-state index in [9.17, 15) is 9.59 Å². The third-order valence-electron chi connectivity index (χ3n) is 3.04. The van der Waals surface area contributed by atoms with Gasteiger partial charge in [0, 0.05) is 25.8 Å². The molecule has 0 fully saturated rings. The molecule has 0 heterocycles. The van der Waals surface area contributed by atoms with Crippen LogP contribution in [0.15, 0.2) is 24.3 Å². The molecule has 0 bridgehead atoms. The number of carboxylic acids is 1. The summed E-state index contributed by atoms with van der Waals surface area (Å²) in [6.45, 7) is 5.57. The summed E-state index contributed by atoms with van der Waals surface area (Å²) in [6.07, 6.45) is 0. The molecule has 0 aliphatic rings. The number of hydrogen-bond acceptors (Lipinski definition) is 3. The number of hydrogen-bond donors (Lipinski definition) is 1. The molecule has 1 N–H and O–H groups in total. The molecule has 1 amide bonds. The zero-order chi connectivity index (χ0) is 14.4. The zero-order valence-corrected chi connectivity index (χ0v) is 11.6. The predicted octanol–water partition coefficient (Wildman–Crippen LogP) is 1.69. The molecular weight excluding hydrogens is 244 g/mol. The largest absolute Gasteiger partial charge is 0.478 e. The Balaban J connectivity index is 2.70. The highest BCUT2D eigenvalue weighted by Gasteiger charge is 2.13. The second-order valence-corrected chi connectivity index (χ2v) is 4.27. The van der Waals surface area contributed by atoms with Crippen molar-refractivity contribution in [3.63, 3.8) is 0 Å². The molecule has 104 valence electrons. The van der Waals surface area contributed by atoms with Gasteiger partial charge in [-0.05, 0) is 38.1 Å². The summed E-state index contributed by atoms with van der Waals surface area (Å²) in [4.78, 5) is 26.3. The minimum absolute atomic E-state index is 0.0646. The number of carboxylic acid groups (broad SMARTS) is 1. The number of benzene rings is 1. The molecule has 0 saturated heterocycles. The maximum Gasteiger partial charge on any atom is 0.335 e.